The van der Waals surface area contributed by atoms with Crippen LogP contribution in [0.1, 0.15) is 0 Å². The fraction of sp³-hybridized carbons (Fsp3) is 0. The molecule has 0 fully saturated rings. The average molecular weight is 534 g/mol. The molecule has 0 aromatic rings. The minimum absolute atomic E-state index is 0. The van der Waals surface area contributed by atoms with Crippen molar-refractivity contribution < 1.29 is 123 Å². The van der Waals surface area contributed by atoms with Crippen LogP contribution in [0.15, 0.2) is 0 Å². The van der Waals surface area contributed by atoms with Crippen LogP contribution in [0.3, 0.4) is 0 Å². The van der Waals surface area contributed by atoms with E-state index in [4.69, 9.17) is 64.4 Å². The molecule has 166 valence electrons. The zero-order chi connectivity index (χ0) is 16.4. The van der Waals surface area contributed by atoms with Crippen LogP contribution >= 0.6 is 0 Å². The summed E-state index contributed by atoms with van der Waals surface area (Å²) in [6, 6.07) is 0. The van der Waals surface area contributed by atoms with Crippen molar-refractivity contribution in [3.63, 3.8) is 0 Å². The van der Waals surface area contributed by atoms with Crippen LogP contribution in [-0.2, 0) is 52.3 Å². The third-order valence-corrected chi connectivity index (χ3v) is 0. The number of rotatable bonds is 0. The molecule has 0 unspecified atom stereocenters. The van der Waals surface area contributed by atoms with Gasteiger partial charge < -0.3 is 27.4 Å². The number of hydrogen-bond donors (Lipinski definition) is 11. The molecular weight excluding hydrogens is 513 g/mol. The quantitative estimate of drug-likeness (QED) is 0.101. The topological polar surface area (TPSA) is 448 Å². The van der Waals surface area contributed by atoms with Crippen LogP contribution in [0, 0.1) is 0 Å². The summed E-state index contributed by atoms with van der Waals surface area (Å²) in [6.07, 6.45) is 0. The molecule has 0 radical (unpaired) electrons. The second kappa shape index (κ2) is 10.5. The summed E-state index contributed by atoms with van der Waals surface area (Å²) in [5.74, 6) is 0. The summed E-state index contributed by atoms with van der Waals surface area (Å²) in [5.41, 5.74) is 0. The van der Waals surface area contributed by atoms with Crippen molar-refractivity contribution >= 4 is 20.8 Å². The van der Waals surface area contributed by atoms with Crippen LogP contribution in [0.2, 0.25) is 0 Å². The van der Waals surface area contributed by atoms with E-state index in [2.05, 4.69) is 0 Å². The van der Waals surface area contributed by atoms with Gasteiger partial charge in [0.15, 0.2) is 0 Å². The summed E-state index contributed by atoms with van der Waals surface area (Å²) in [6.45, 7) is 0. The zero-order valence-electron chi connectivity index (χ0n) is 10.9. The van der Waals surface area contributed by atoms with E-state index < -0.39 is 32.8 Å². The van der Waals surface area contributed by atoms with Crippen LogP contribution < -0.4 is 0 Å². The van der Waals surface area contributed by atoms with E-state index in [0.717, 1.165) is 0 Å². The van der Waals surface area contributed by atoms with Crippen molar-refractivity contribution in [1.82, 2.24) is 0 Å². The van der Waals surface area contributed by atoms with Crippen molar-refractivity contribution in [2.45, 2.75) is 0 Å². The van der Waals surface area contributed by atoms with Crippen molar-refractivity contribution in [1.29, 1.82) is 0 Å². The Morgan fingerprint density at radius 2 is 0.458 bits per heavy atom. The maximum absolute atomic E-state index is 9.03. The molecule has 20 nitrogen and oxygen atoms in total. The first-order valence-corrected chi connectivity index (χ1v) is 8.08. The Bertz CT molecular complexity index is 410. The average Bonchev–Trinajstić information content (AvgIpc) is 1.32. The molecule has 0 bridgehead atoms. The Labute approximate surface area is 144 Å². The molecule has 0 heterocycles. The van der Waals surface area contributed by atoms with E-state index in [1.807, 2.05) is 0 Å². The van der Waals surface area contributed by atoms with Crippen molar-refractivity contribution in [2.75, 3.05) is 0 Å². The summed E-state index contributed by atoms with van der Waals surface area (Å²) in [7, 11) is -9.33. The molecular formula is H21CuO20S2Zn. The maximum Gasteiger partial charge on any atom is 0 e. The Morgan fingerprint density at radius 1 is 0.458 bits per heavy atom. The van der Waals surface area contributed by atoms with E-state index in [1.54, 1.807) is 0 Å². The van der Waals surface area contributed by atoms with Gasteiger partial charge in [-0.25, -0.2) is 0 Å². The third kappa shape index (κ3) is 63200. The van der Waals surface area contributed by atoms with Crippen LogP contribution in [0.5, 0.6) is 0 Å². The van der Waals surface area contributed by atoms with Gasteiger partial charge in [0.2, 0.25) is 0 Å². The van der Waals surface area contributed by atoms with Gasteiger partial charge >= 0.3 is 62.1 Å². The zero-order valence-corrected chi connectivity index (χ0v) is 16.4. The van der Waals surface area contributed by atoms with Gasteiger partial charge in [-0.15, -0.1) is 0 Å². The largest absolute Gasteiger partial charge is 0 e. The van der Waals surface area contributed by atoms with Crippen LogP contribution in [-0.4, -0.2) is 91.7 Å². The standard InChI is InChI=1S/Cu.2H2O4S.12H2O.Zn/c;2*1-5(2,3)4;;;;;;;;;;;;;/h;2*(H2,1,2,3,4);12*1H2;/q+7;;;;;;;;;;;;;;;/p-7. The van der Waals surface area contributed by atoms with Gasteiger partial charge in [-0.2, -0.15) is 16.8 Å². The first-order valence-electron chi connectivity index (χ1n) is 2.34. The van der Waals surface area contributed by atoms with Gasteiger partial charge in [0, 0.05) is 19.5 Å². The van der Waals surface area contributed by atoms with E-state index in [0.29, 0.717) is 0 Å². The predicted molar refractivity (Wildman–Crippen MR) is 62.0 cm³/mol. The first kappa shape index (κ1) is 56.3. The fourth-order valence-corrected chi connectivity index (χ4v) is 0. The molecule has 0 aliphatic rings. The SMILES string of the molecule is O.O.O.O.O.O=S(=O)(O)O.O=S(=O)(O)O.[OH][Cu]([OH])([OH])([OH])([OH])([OH])[OH].[Zn]. The molecule has 21 N–H and O–H groups in total. The molecule has 0 aromatic heterocycles. The van der Waals surface area contributed by atoms with Gasteiger partial charge in [0.25, 0.3) is 0 Å². The van der Waals surface area contributed by atoms with Gasteiger partial charge in [-0.1, -0.05) is 0 Å². The smallest absolute Gasteiger partial charge is 0 e. The van der Waals surface area contributed by atoms with E-state index in [-0.39, 0.29) is 46.9 Å². The molecule has 0 aromatic carbocycles. The van der Waals surface area contributed by atoms with Gasteiger partial charge in [-0.05, 0) is 0 Å². The minimum Gasteiger partial charge on any atom is 0 e. The Balaban J connectivity index is -0.0000000184. The molecule has 0 saturated carbocycles. The van der Waals surface area contributed by atoms with E-state index >= 15 is 0 Å². The molecule has 0 aliphatic heterocycles. The van der Waals surface area contributed by atoms with Crippen LogP contribution in [0.25, 0.3) is 0 Å². The van der Waals surface area contributed by atoms with E-state index in [9.17, 15) is 0 Å². The first-order chi connectivity index (χ1) is 6.65. The van der Waals surface area contributed by atoms with Crippen molar-refractivity contribution in [3.05, 3.63) is 0 Å². The Hall–Kier alpha value is 0.403. The van der Waals surface area contributed by atoms with Crippen LogP contribution in [0.4, 0.5) is 0 Å². The van der Waals surface area contributed by atoms with Gasteiger partial charge in [0.1, 0.15) is 0 Å². The predicted octanol–water partition coefficient (Wildman–Crippen LogP) is -9.33. The second-order valence-corrected chi connectivity index (χ2v) is 7.91. The fourth-order valence-electron chi connectivity index (χ4n) is 0. The Morgan fingerprint density at radius 3 is 0.458 bits per heavy atom. The Kier molecular flexibility index (Phi) is 24.7. The maximum atomic E-state index is 8.74. The molecule has 0 amide bonds. The van der Waals surface area contributed by atoms with E-state index in [1.165, 1.54) is 0 Å². The summed E-state index contributed by atoms with van der Waals surface area (Å²) in [5, 5.41) is 0. The molecule has 0 saturated heterocycles. The summed E-state index contributed by atoms with van der Waals surface area (Å²) < 4.78 is 115. The van der Waals surface area contributed by atoms with Crippen molar-refractivity contribution in [2.24, 2.45) is 0 Å². The monoisotopic (exact) mass is 532 g/mol. The number of hydrogen-bond acceptors (Lipinski definition) is 11. The molecule has 0 rings (SSSR count). The van der Waals surface area contributed by atoms with Crippen molar-refractivity contribution in [3.8, 4) is 0 Å². The second-order valence-electron chi connectivity index (χ2n) is 2.16. The molecule has 0 atom stereocenters. The summed E-state index contributed by atoms with van der Waals surface area (Å²) in [4.78, 5) is 0. The van der Waals surface area contributed by atoms with Gasteiger partial charge in [0.05, 0.1) is 0 Å². The molecule has 24 heteroatoms. The minimum atomic E-state index is -9.03. The molecule has 0 spiro atoms. The molecule has 0 aliphatic carbocycles. The molecule has 24 heavy (non-hydrogen) atoms. The van der Waals surface area contributed by atoms with Gasteiger partial charge in [-0.3, -0.25) is 18.2 Å². The third-order valence-electron chi connectivity index (χ3n) is 0. The normalized spacial score (nSPS) is 13.9. The summed E-state index contributed by atoms with van der Waals surface area (Å²) >= 11 is -9.03.